The van der Waals surface area contributed by atoms with Crippen molar-refractivity contribution in [3.63, 3.8) is 0 Å². The van der Waals surface area contributed by atoms with Crippen molar-refractivity contribution < 1.29 is 4.79 Å². The Hall–Kier alpha value is -1.31. The van der Waals surface area contributed by atoms with Crippen LogP contribution in [0.4, 0.5) is 0 Å². The molecule has 0 aromatic heterocycles. The highest BCUT2D eigenvalue weighted by Gasteiger charge is 2.50. The second kappa shape index (κ2) is 2.63. The summed E-state index contributed by atoms with van der Waals surface area (Å²) in [5.74, 6) is 0.561. The fourth-order valence-electron chi connectivity index (χ4n) is 1.75. The van der Waals surface area contributed by atoms with Gasteiger partial charge in [0.05, 0.1) is 5.92 Å². The first-order valence-electron chi connectivity index (χ1n) is 4.11. The largest absolute Gasteiger partial charge is 0.369 e. The van der Waals surface area contributed by atoms with Crippen LogP contribution in [0.1, 0.15) is 0 Å². The number of fused-ring (bicyclic) bond motifs is 1. The topological polar surface area (TPSA) is 43.1 Å². The quantitative estimate of drug-likeness (QED) is 0.613. The number of hydrogen-bond donors (Lipinski definition) is 1. The molecule has 0 bridgehead atoms. The summed E-state index contributed by atoms with van der Waals surface area (Å²) in [5.41, 5.74) is 5.23. The molecule has 0 aromatic carbocycles. The van der Waals surface area contributed by atoms with E-state index >= 15 is 0 Å². The third-order valence-electron chi connectivity index (χ3n) is 2.46. The highest BCUT2D eigenvalue weighted by atomic mass is 16.1. The lowest BCUT2D eigenvalue weighted by atomic mass is 10.2. The minimum Gasteiger partial charge on any atom is -0.369 e. The van der Waals surface area contributed by atoms with Crippen molar-refractivity contribution in [2.75, 3.05) is 0 Å². The van der Waals surface area contributed by atoms with Crippen LogP contribution in [0.25, 0.3) is 0 Å². The van der Waals surface area contributed by atoms with E-state index in [2.05, 4.69) is 12.2 Å². The smallest absolute Gasteiger partial charge is 0.221 e. The van der Waals surface area contributed by atoms with Crippen molar-refractivity contribution in [3.8, 4) is 0 Å². The van der Waals surface area contributed by atoms with E-state index in [4.69, 9.17) is 5.73 Å². The number of amides is 1. The monoisotopic (exact) mass is 161 g/mol. The SMILES string of the molecule is NC(=O)C1[C@H]2C=CC=CC=C[C@@H]12. The zero-order valence-electron chi connectivity index (χ0n) is 6.68. The number of carbonyl (C=O) groups excluding carboxylic acids is 1. The normalized spacial score (nSPS) is 36.8. The molecule has 0 heterocycles. The molecule has 1 unspecified atom stereocenters. The summed E-state index contributed by atoms with van der Waals surface area (Å²) in [5, 5.41) is 0. The Morgan fingerprint density at radius 3 is 1.92 bits per heavy atom. The van der Waals surface area contributed by atoms with Gasteiger partial charge in [0.25, 0.3) is 0 Å². The Morgan fingerprint density at radius 2 is 1.50 bits per heavy atom. The minimum absolute atomic E-state index is 0.0393. The van der Waals surface area contributed by atoms with Crippen molar-refractivity contribution >= 4 is 5.91 Å². The van der Waals surface area contributed by atoms with Crippen LogP contribution < -0.4 is 5.73 Å². The van der Waals surface area contributed by atoms with Crippen molar-refractivity contribution in [2.45, 2.75) is 0 Å². The fourth-order valence-corrected chi connectivity index (χ4v) is 1.75. The van der Waals surface area contributed by atoms with Gasteiger partial charge in [-0.1, -0.05) is 36.5 Å². The Labute approximate surface area is 71.4 Å². The molecule has 2 nitrogen and oxygen atoms in total. The predicted molar refractivity (Wildman–Crippen MR) is 47.1 cm³/mol. The molecular formula is C10H11NO. The fraction of sp³-hybridized carbons (Fsp3) is 0.300. The van der Waals surface area contributed by atoms with Gasteiger partial charge in [0.1, 0.15) is 0 Å². The Bertz CT molecular complexity index is 266. The molecule has 12 heavy (non-hydrogen) atoms. The molecule has 0 aromatic rings. The first-order chi connectivity index (χ1) is 5.80. The van der Waals surface area contributed by atoms with E-state index in [1.54, 1.807) is 0 Å². The molecule has 62 valence electrons. The van der Waals surface area contributed by atoms with Gasteiger partial charge in [0.15, 0.2) is 0 Å². The van der Waals surface area contributed by atoms with E-state index in [9.17, 15) is 4.79 Å². The highest BCUT2D eigenvalue weighted by molar-refractivity contribution is 5.81. The molecule has 0 aliphatic heterocycles. The zero-order chi connectivity index (χ0) is 8.55. The van der Waals surface area contributed by atoms with Crippen LogP contribution in [0.2, 0.25) is 0 Å². The van der Waals surface area contributed by atoms with Gasteiger partial charge in [0, 0.05) is 0 Å². The number of carbonyl (C=O) groups is 1. The molecule has 1 fully saturated rings. The Morgan fingerprint density at radius 1 is 1.00 bits per heavy atom. The van der Waals surface area contributed by atoms with E-state index in [1.165, 1.54) is 0 Å². The summed E-state index contributed by atoms with van der Waals surface area (Å²) < 4.78 is 0. The third-order valence-corrected chi connectivity index (χ3v) is 2.46. The molecule has 3 atom stereocenters. The van der Waals surface area contributed by atoms with E-state index in [-0.39, 0.29) is 11.8 Å². The maximum atomic E-state index is 10.9. The van der Waals surface area contributed by atoms with Gasteiger partial charge < -0.3 is 5.73 Å². The Balaban J connectivity index is 2.17. The number of allylic oxidation sites excluding steroid dienone is 6. The molecule has 2 heteroatoms. The van der Waals surface area contributed by atoms with Gasteiger partial charge in [-0.25, -0.2) is 0 Å². The molecule has 2 N–H and O–H groups in total. The summed E-state index contributed by atoms with van der Waals surface area (Å²) in [4.78, 5) is 10.9. The van der Waals surface area contributed by atoms with Crippen LogP contribution in [0.5, 0.6) is 0 Å². The van der Waals surface area contributed by atoms with E-state index in [1.807, 2.05) is 24.3 Å². The van der Waals surface area contributed by atoms with Gasteiger partial charge in [0.2, 0.25) is 5.91 Å². The predicted octanol–water partition coefficient (Wildman–Crippen LogP) is 1.02. The number of rotatable bonds is 1. The number of hydrogen-bond acceptors (Lipinski definition) is 1. The molecule has 2 aliphatic carbocycles. The molecule has 1 amide bonds. The van der Waals surface area contributed by atoms with Crippen LogP contribution in [-0.4, -0.2) is 5.91 Å². The molecular weight excluding hydrogens is 150 g/mol. The summed E-state index contributed by atoms with van der Waals surface area (Å²) in [7, 11) is 0. The lowest BCUT2D eigenvalue weighted by molar-refractivity contribution is -0.119. The summed E-state index contributed by atoms with van der Waals surface area (Å²) in [6.45, 7) is 0. The first-order valence-corrected chi connectivity index (χ1v) is 4.11. The zero-order valence-corrected chi connectivity index (χ0v) is 6.68. The van der Waals surface area contributed by atoms with Gasteiger partial charge in [-0.3, -0.25) is 4.79 Å². The average molecular weight is 161 g/mol. The number of primary amides is 1. The van der Waals surface area contributed by atoms with Crippen molar-refractivity contribution in [2.24, 2.45) is 23.5 Å². The lowest BCUT2D eigenvalue weighted by Crippen LogP contribution is -2.14. The van der Waals surface area contributed by atoms with Crippen molar-refractivity contribution in [1.82, 2.24) is 0 Å². The van der Waals surface area contributed by atoms with Gasteiger partial charge in [-0.15, -0.1) is 0 Å². The second-order valence-electron chi connectivity index (χ2n) is 3.24. The first kappa shape index (κ1) is 7.35. The van der Waals surface area contributed by atoms with Crippen LogP contribution in [0.15, 0.2) is 36.5 Å². The average Bonchev–Trinajstić information content (AvgIpc) is 2.60. The third kappa shape index (κ3) is 1.09. The van der Waals surface area contributed by atoms with Gasteiger partial charge in [-0.2, -0.15) is 0 Å². The number of nitrogens with two attached hydrogens (primary N) is 1. The standard InChI is InChI=1S/C10H11NO/c11-10(12)9-7-5-3-1-2-4-6-8(7)9/h1-9H,(H2,11,12)/t7-,8+,9?. The molecule has 2 rings (SSSR count). The van der Waals surface area contributed by atoms with E-state index < -0.39 is 0 Å². The maximum absolute atomic E-state index is 10.9. The minimum atomic E-state index is -0.179. The van der Waals surface area contributed by atoms with Crippen molar-refractivity contribution in [3.05, 3.63) is 36.5 Å². The van der Waals surface area contributed by atoms with Crippen LogP contribution >= 0.6 is 0 Å². The van der Waals surface area contributed by atoms with Crippen LogP contribution in [-0.2, 0) is 4.79 Å². The maximum Gasteiger partial charge on any atom is 0.221 e. The molecule has 2 aliphatic rings. The molecule has 1 saturated carbocycles. The van der Waals surface area contributed by atoms with Crippen LogP contribution in [0.3, 0.4) is 0 Å². The lowest BCUT2D eigenvalue weighted by Gasteiger charge is -1.85. The Kier molecular flexibility index (Phi) is 1.61. The van der Waals surface area contributed by atoms with Gasteiger partial charge >= 0.3 is 0 Å². The summed E-state index contributed by atoms with van der Waals surface area (Å²) >= 11 is 0. The highest BCUT2D eigenvalue weighted by Crippen LogP contribution is 2.48. The molecule has 0 saturated heterocycles. The second-order valence-corrected chi connectivity index (χ2v) is 3.24. The summed E-state index contributed by atoms with van der Waals surface area (Å²) in [6, 6.07) is 0. The van der Waals surface area contributed by atoms with E-state index in [0.29, 0.717) is 11.8 Å². The van der Waals surface area contributed by atoms with E-state index in [0.717, 1.165) is 0 Å². The van der Waals surface area contributed by atoms with Crippen LogP contribution in [0, 0.1) is 17.8 Å². The van der Waals surface area contributed by atoms with Crippen molar-refractivity contribution in [1.29, 1.82) is 0 Å². The molecule has 0 spiro atoms. The van der Waals surface area contributed by atoms with Gasteiger partial charge in [-0.05, 0) is 11.8 Å². The summed E-state index contributed by atoms with van der Waals surface area (Å²) in [6.07, 6.45) is 12.0. The molecule has 0 radical (unpaired) electrons.